The molecule has 0 amide bonds. The molecule has 0 aliphatic carbocycles. The molecule has 84 valence electrons. The molecule has 0 saturated heterocycles. The fraction of sp³-hybridized carbons (Fsp3) is 0.200. The summed E-state index contributed by atoms with van der Waals surface area (Å²) in [5, 5.41) is 16.0. The third kappa shape index (κ3) is 2.40. The number of hydrogen-bond donors (Lipinski definition) is 2. The van der Waals surface area contributed by atoms with E-state index in [4.69, 9.17) is 5.11 Å². The first-order valence-corrected chi connectivity index (χ1v) is 6.38. The number of aromatic carboxylic acids is 1. The number of hydrogen-bond acceptors (Lipinski definition) is 5. The zero-order valence-electron chi connectivity index (χ0n) is 8.56. The minimum atomic E-state index is -0.989. The van der Waals surface area contributed by atoms with Crippen molar-refractivity contribution in [1.82, 2.24) is 4.98 Å². The number of nitrogens with zero attached hydrogens (tertiary/aromatic N) is 1. The summed E-state index contributed by atoms with van der Waals surface area (Å²) in [6, 6.07) is 2.06. The highest BCUT2D eigenvalue weighted by Gasteiger charge is 2.08. The molecule has 2 aromatic heterocycles. The van der Waals surface area contributed by atoms with Gasteiger partial charge in [-0.25, -0.2) is 9.78 Å². The maximum absolute atomic E-state index is 10.6. The predicted molar refractivity (Wildman–Crippen MR) is 65.5 cm³/mol. The molecule has 2 rings (SSSR count). The van der Waals surface area contributed by atoms with Crippen LogP contribution in [-0.2, 0) is 6.54 Å². The minimum absolute atomic E-state index is 0.0930. The molecule has 0 aliphatic rings. The number of rotatable bonds is 4. The van der Waals surface area contributed by atoms with Crippen molar-refractivity contribution in [3.8, 4) is 0 Å². The van der Waals surface area contributed by atoms with Crippen molar-refractivity contribution in [2.75, 3.05) is 5.32 Å². The van der Waals surface area contributed by atoms with Gasteiger partial charge in [-0.2, -0.15) is 0 Å². The number of anilines is 1. The van der Waals surface area contributed by atoms with E-state index >= 15 is 0 Å². The Hall–Kier alpha value is -1.40. The maximum Gasteiger partial charge on any atom is 0.355 e. The Balaban J connectivity index is 2.00. The van der Waals surface area contributed by atoms with Gasteiger partial charge in [0.25, 0.3) is 0 Å². The highest BCUT2D eigenvalue weighted by molar-refractivity contribution is 7.14. The molecule has 0 atom stereocenters. The van der Waals surface area contributed by atoms with Gasteiger partial charge >= 0.3 is 5.97 Å². The summed E-state index contributed by atoms with van der Waals surface area (Å²) in [5.74, 6) is -0.989. The van der Waals surface area contributed by atoms with E-state index < -0.39 is 5.97 Å². The SMILES string of the molecule is Cc1ccsc1CNc1nc(C(=O)O)cs1. The van der Waals surface area contributed by atoms with Crippen LogP contribution in [0.25, 0.3) is 0 Å². The predicted octanol–water partition coefficient (Wildman–Crippen LogP) is 2.82. The summed E-state index contributed by atoms with van der Waals surface area (Å²) in [6.07, 6.45) is 0. The lowest BCUT2D eigenvalue weighted by molar-refractivity contribution is 0.0691. The number of carboxylic acid groups (broad SMARTS) is 1. The highest BCUT2D eigenvalue weighted by Crippen LogP contribution is 2.20. The van der Waals surface area contributed by atoms with Gasteiger partial charge < -0.3 is 10.4 Å². The summed E-state index contributed by atoms with van der Waals surface area (Å²) in [6.45, 7) is 2.74. The van der Waals surface area contributed by atoms with Gasteiger partial charge in [-0.15, -0.1) is 22.7 Å². The number of thiophene rings is 1. The van der Waals surface area contributed by atoms with Gasteiger partial charge in [-0.05, 0) is 23.9 Å². The largest absolute Gasteiger partial charge is 0.476 e. The first-order chi connectivity index (χ1) is 7.66. The molecular formula is C10H10N2O2S2. The topological polar surface area (TPSA) is 62.2 Å². The number of carbonyl (C=O) groups is 1. The van der Waals surface area contributed by atoms with Crippen molar-refractivity contribution in [2.24, 2.45) is 0 Å². The summed E-state index contributed by atoms with van der Waals surface area (Å²) < 4.78 is 0. The van der Waals surface area contributed by atoms with Crippen LogP contribution in [0.1, 0.15) is 20.9 Å². The lowest BCUT2D eigenvalue weighted by Crippen LogP contribution is -2.00. The Morgan fingerprint density at radius 2 is 2.38 bits per heavy atom. The molecule has 0 fully saturated rings. The molecule has 0 aliphatic heterocycles. The second-order valence-corrected chi connectivity index (χ2v) is 5.08. The van der Waals surface area contributed by atoms with Gasteiger partial charge in [0.2, 0.25) is 0 Å². The number of aromatic nitrogens is 1. The van der Waals surface area contributed by atoms with E-state index in [1.165, 1.54) is 27.2 Å². The number of carboxylic acids is 1. The van der Waals surface area contributed by atoms with Crippen molar-refractivity contribution in [3.63, 3.8) is 0 Å². The summed E-state index contributed by atoms with van der Waals surface area (Å²) in [7, 11) is 0. The highest BCUT2D eigenvalue weighted by atomic mass is 32.1. The summed E-state index contributed by atoms with van der Waals surface area (Å²) >= 11 is 2.99. The van der Waals surface area contributed by atoms with Crippen molar-refractivity contribution in [1.29, 1.82) is 0 Å². The summed E-state index contributed by atoms with van der Waals surface area (Å²) in [4.78, 5) is 15.8. The van der Waals surface area contributed by atoms with Crippen molar-refractivity contribution < 1.29 is 9.90 Å². The van der Waals surface area contributed by atoms with Gasteiger partial charge in [0.15, 0.2) is 10.8 Å². The number of aryl methyl sites for hydroxylation is 1. The van der Waals surface area contributed by atoms with E-state index in [1.54, 1.807) is 11.3 Å². The van der Waals surface area contributed by atoms with E-state index in [-0.39, 0.29) is 5.69 Å². The molecule has 4 nitrogen and oxygen atoms in total. The zero-order valence-corrected chi connectivity index (χ0v) is 10.2. The lowest BCUT2D eigenvalue weighted by atomic mass is 10.3. The average Bonchev–Trinajstić information content (AvgIpc) is 2.83. The van der Waals surface area contributed by atoms with Crippen LogP contribution in [-0.4, -0.2) is 16.1 Å². The van der Waals surface area contributed by atoms with Crippen LogP contribution < -0.4 is 5.32 Å². The fourth-order valence-electron chi connectivity index (χ4n) is 1.19. The average molecular weight is 254 g/mol. The van der Waals surface area contributed by atoms with Crippen molar-refractivity contribution >= 4 is 33.8 Å². The van der Waals surface area contributed by atoms with E-state index in [0.29, 0.717) is 11.7 Å². The number of nitrogens with one attached hydrogen (secondary N) is 1. The smallest absolute Gasteiger partial charge is 0.355 e. The second kappa shape index (κ2) is 4.63. The Morgan fingerprint density at radius 1 is 1.56 bits per heavy atom. The van der Waals surface area contributed by atoms with Crippen LogP contribution >= 0.6 is 22.7 Å². The van der Waals surface area contributed by atoms with E-state index in [0.717, 1.165) is 0 Å². The molecule has 2 heterocycles. The third-order valence-electron chi connectivity index (χ3n) is 2.09. The third-order valence-corrected chi connectivity index (χ3v) is 3.91. The molecule has 0 unspecified atom stereocenters. The normalized spacial score (nSPS) is 10.3. The molecule has 2 N–H and O–H groups in total. The molecule has 16 heavy (non-hydrogen) atoms. The van der Waals surface area contributed by atoms with Crippen LogP contribution in [0, 0.1) is 6.92 Å². The first kappa shape index (κ1) is 11.1. The van der Waals surface area contributed by atoms with Gasteiger partial charge in [0.05, 0.1) is 6.54 Å². The Kier molecular flexibility index (Phi) is 3.21. The van der Waals surface area contributed by atoms with Crippen LogP contribution in [0.5, 0.6) is 0 Å². The molecule has 0 radical (unpaired) electrons. The van der Waals surface area contributed by atoms with Crippen molar-refractivity contribution in [2.45, 2.75) is 13.5 Å². The Labute approximate surface area is 101 Å². The lowest BCUT2D eigenvalue weighted by Gasteiger charge is -2.00. The molecular weight excluding hydrogens is 244 g/mol. The molecule has 6 heteroatoms. The molecule has 0 bridgehead atoms. The molecule has 2 aromatic rings. The zero-order chi connectivity index (χ0) is 11.5. The molecule has 0 aromatic carbocycles. The first-order valence-electron chi connectivity index (χ1n) is 4.62. The second-order valence-electron chi connectivity index (χ2n) is 3.22. The van der Waals surface area contributed by atoms with Crippen LogP contribution in [0.2, 0.25) is 0 Å². The van der Waals surface area contributed by atoms with E-state index in [2.05, 4.69) is 23.3 Å². The van der Waals surface area contributed by atoms with Crippen LogP contribution in [0.15, 0.2) is 16.8 Å². The Bertz CT molecular complexity index is 504. The van der Waals surface area contributed by atoms with E-state index in [1.807, 2.05) is 5.38 Å². The minimum Gasteiger partial charge on any atom is -0.476 e. The van der Waals surface area contributed by atoms with Crippen LogP contribution in [0.4, 0.5) is 5.13 Å². The standard InChI is InChI=1S/C10H10N2O2S2/c1-6-2-3-15-8(6)4-11-10-12-7(5-16-10)9(13)14/h2-3,5H,4H2,1H3,(H,11,12)(H,13,14). The fourth-order valence-corrected chi connectivity index (χ4v) is 2.72. The quantitative estimate of drug-likeness (QED) is 0.880. The van der Waals surface area contributed by atoms with E-state index in [9.17, 15) is 4.79 Å². The monoisotopic (exact) mass is 254 g/mol. The van der Waals surface area contributed by atoms with Crippen LogP contribution in [0.3, 0.4) is 0 Å². The van der Waals surface area contributed by atoms with Gasteiger partial charge in [0, 0.05) is 10.3 Å². The molecule has 0 spiro atoms. The van der Waals surface area contributed by atoms with Crippen molar-refractivity contribution in [3.05, 3.63) is 33.0 Å². The number of thiazole rings is 1. The van der Waals surface area contributed by atoms with Gasteiger partial charge in [0.1, 0.15) is 0 Å². The van der Waals surface area contributed by atoms with Gasteiger partial charge in [-0.3, -0.25) is 0 Å². The maximum atomic E-state index is 10.6. The summed E-state index contributed by atoms with van der Waals surface area (Å²) in [5.41, 5.74) is 1.34. The molecule has 0 saturated carbocycles. The Morgan fingerprint density at radius 3 is 2.94 bits per heavy atom. The van der Waals surface area contributed by atoms with Gasteiger partial charge in [-0.1, -0.05) is 0 Å².